The number of carbonyl (C=O) groups is 1. The summed E-state index contributed by atoms with van der Waals surface area (Å²) in [5.41, 5.74) is 7.98. The van der Waals surface area contributed by atoms with Crippen LogP contribution in [0.3, 0.4) is 0 Å². The summed E-state index contributed by atoms with van der Waals surface area (Å²) in [6, 6.07) is 1.60. The van der Waals surface area contributed by atoms with Crippen LogP contribution < -0.4 is 11.1 Å². The van der Waals surface area contributed by atoms with Crippen molar-refractivity contribution < 1.29 is 9.90 Å². The minimum Gasteiger partial charge on any atom is -0.506 e. The molecule has 2 aromatic heterocycles. The van der Waals surface area contributed by atoms with E-state index < -0.39 is 0 Å². The number of carbonyl (C=O) groups excluding carboxylic acids is 1. The molecule has 1 fully saturated rings. The molecule has 9 heteroatoms. The molecule has 0 spiro atoms. The van der Waals surface area contributed by atoms with Crippen molar-refractivity contribution in [1.29, 1.82) is 0 Å². The van der Waals surface area contributed by atoms with Crippen molar-refractivity contribution in [3.8, 4) is 17.1 Å². The molecule has 144 valence electrons. The molecule has 4 N–H and O–H groups in total. The Morgan fingerprint density at radius 2 is 2.15 bits per heavy atom. The first-order valence-electron chi connectivity index (χ1n) is 8.81. The Balaban J connectivity index is 1.80. The quantitative estimate of drug-likeness (QED) is 0.713. The van der Waals surface area contributed by atoms with Gasteiger partial charge in [0.15, 0.2) is 5.82 Å². The normalized spacial score (nSPS) is 17.7. The van der Waals surface area contributed by atoms with E-state index in [-0.39, 0.29) is 24.2 Å². The fourth-order valence-electron chi connectivity index (χ4n) is 3.31. The van der Waals surface area contributed by atoms with Crippen LogP contribution in [-0.4, -0.2) is 56.8 Å². The number of hydrogen-bond donors (Lipinski definition) is 3. The lowest BCUT2D eigenvalue weighted by atomic mass is 10.0. The lowest BCUT2D eigenvalue weighted by Crippen LogP contribution is -2.45. The topological polar surface area (TPSA) is 117 Å². The molecule has 1 aliphatic heterocycles. The summed E-state index contributed by atoms with van der Waals surface area (Å²) < 4.78 is 0. The van der Waals surface area contributed by atoms with Crippen molar-refractivity contribution in [3.05, 3.63) is 28.4 Å². The van der Waals surface area contributed by atoms with Gasteiger partial charge in [-0.15, -0.1) is 10.2 Å². The van der Waals surface area contributed by atoms with E-state index in [1.807, 2.05) is 18.7 Å². The summed E-state index contributed by atoms with van der Waals surface area (Å²) in [6.07, 6.45) is 3.43. The molecular formula is C18H23ClN6O2. The molecule has 0 bridgehead atoms. The maximum Gasteiger partial charge on any atom is 0.231 e. The van der Waals surface area contributed by atoms with E-state index in [4.69, 9.17) is 17.3 Å². The van der Waals surface area contributed by atoms with Gasteiger partial charge in [-0.2, -0.15) is 0 Å². The van der Waals surface area contributed by atoms with Crippen molar-refractivity contribution in [1.82, 2.24) is 20.1 Å². The van der Waals surface area contributed by atoms with Crippen LogP contribution in [0.2, 0.25) is 5.02 Å². The van der Waals surface area contributed by atoms with Crippen LogP contribution in [0, 0.1) is 13.8 Å². The number of hydrogen-bond acceptors (Lipinski definition) is 7. The van der Waals surface area contributed by atoms with Crippen molar-refractivity contribution in [2.45, 2.75) is 32.7 Å². The molecule has 3 rings (SSSR count). The van der Waals surface area contributed by atoms with E-state index in [0.29, 0.717) is 22.2 Å². The largest absolute Gasteiger partial charge is 0.506 e. The minimum absolute atomic E-state index is 0.0330. The molecule has 3 heterocycles. The number of nitrogens with two attached hydrogens (primary N) is 1. The molecule has 1 unspecified atom stereocenters. The first-order chi connectivity index (χ1) is 12.8. The number of nitrogens with zero attached hydrogens (tertiary/aromatic N) is 4. The maximum absolute atomic E-state index is 11.2. The van der Waals surface area contributed by atoms with Crippen molar-refractivity contribution in [3.63, 3.8) is 0 Å². The third-order valence-electron chi connectivity index (χ3n) is 4.81. The number of amides is 1. The standard InChI is InChI=1S/C18H23ClN6O2/c1-10-11(2)18(22-13-4-3-5-25(8-13)9-15(20)27)24-23-16(10)17-14(26)6-12(19)7-21-17/h6-7,13,26H,3-5,8-9H2,1-2H3,(H2,20,27)(H,22,24). The highest BCUT2D eigenvalue weighted by molar-refractivity contribution is 6.30. The predicted octanol–water partition coefficient (Wildman–Crippen LogP) is 1.88. The Labute approximate surface area is 162 Å². The number of piperidine rings is 1. The smallest absolute Gasteiger partial charge is 0.231 e. The Morgan fingerprint density at radius 1 is 1.37 bits per heavy atom. The zero-order valence-corrected chi connectivity index (χ0v) is 16.1. The van der Waals surface area contributed by atoms with Gasteiger partial charge in [0.05, 0.1) is 11.6 Å². The maximum atomic E-state index is 11.2. The van der Waals surface area contributed by atoms with Crippen LogP contribution in [-0.2, 0) is 4.79 Å². The van der Waals surface area contributed by atoms with E-state index in [0.717, 1.165) is 37.1 Å². The fourth-order valence-corrected chi connectivity index (χ4v) is 3.46. The summed E-state index contributed by atoms with van der Waals surface area (Å²) in [7, 11) is 0. The van der Waals surface area contributed by atoms with E-state index in [1.54, 1.807) is 0 Å². The van der Waals surface area contributed by atoms with Gasteiger partial charge in [-0.3, -0.25) is 9.69 Å². The molecule has 1 aliphatic rings. The van der Waals surface area contributed by atoms with Crippen LogP contribution in [0.15, 0.2) is 12.3 Å². The van der Waals surface area contributed by atoms with Gasteiger partial charge in [0.2, 0.25) is 5.91 Å². The average molecular weight is 391 g/mol. The van der Waals surface area contributed by atoms with Gasteiger partial charge >= 0.3 is 0 Å². The summed E-state index contributed by atoms with van der Waals surface area (Å²) in [5.74, 6) is 0.340. The second-order valence-corrected chi connectivity index (χ2v) is 7.29. The molecule has 2 aromatic rings. The molecule has 8 nitrogen and oxygen atoms in total. The number of primary amides is 1. The van der Waals surface area contributed by atoms with Crippen molar-refractivity contribution in [2.24, 2.45) is 5.73 Å². The van der Waals surface area contributed by atoms with Gasteiger partial charge in [-0.25, -0.2) is 4.98 Å². The number of halogens is 1. The van der Waals surface area contributed by atoms with Crippen LogP contribution >= 0.6 is 11.6 Å². The highest BCUT2D eigenvalue weighted by Crippen LogP contribution is 2.32. The summed E-state index contributed by atoms with van der Waals surface area (Å²) in [4.78, 5) is 17.4. The van der Waals surface area contributed by atoms with E-state index >= 15 is 0 Å². The van der Waals surface area contributed by atoms with Gasteiger partial charge in [0.25, 0.3) is 0 Å². The molecule has 0 radical (unpaired) electrons. The molecule has 0 aliphatic carbocycles. The monoisotopic (exact) mass is 390 g/mol. The summed E-state index contributed by atoms with van der Waals surface area (Å²) >= 11 is 5.85. The van der Waals surface area contributed by atoms with Gasteiger partial charge in [-0.05, 0) is 44.4 Å². The number of nitrogens with one attached hydrogen (secondary N) is 1. The first kappa shape index (κ1) is 19.3. The van der Waals surface area contributed by atoms with Gasteiger partial charge < -0.3 is 16.2 Å². The molecule has 1 atom stereocenters. The van der Waals surface area contributed by atoms with Crippen LogP contribution in [0.1, 0.15) is 24.0 Å². The van der Waals surface area contributed by atoms with E-state index in [2.05, 4.69) is 20.5 Å². The van der Waals surface area contributed by atoms with Crippen LogP contribution in [0.4, 0.5) is 5.82 Å². The van der Waals surface area contributed by atoms with Gasteiger partial charge in [0, 0.05) is 24.8 Å². The SMILES string of the molecule is Cc1c(NC2CCCN(CC(N)=O)C2)nnc(-c2ncc(Cl)cc2O)c1C. The molecule has 0 aromatic carbocycles. The minimum atomic E-state index is -0.318. The number of likely N-dealkylation sites (tertiary alicyclic amines) is 1. The first-order valence-corrected chi connectivity index (χ1v) is 9.19. The molecular weight excluding hydrogens is 368 g/mol. The van der Waals surface area contributed by atoms with E-state index in [9.17, 15) is 9.90 Å². The highest BCUT2D eigenvalue weighted by Gasteiger charge is 2.23. The van der Waals surface area contributed by atoms with Crippen molar-refractivity contribution >= 4 is 23.3 Å². The Bertz CT molecular complexity index is 860. The Hall–Kier alpha value is -2.45. The Kier molecular flexibility index (Phi) is 5.76. The molecule has 1 amide bonds. The van der Waals surface area contributed by atoms with Crippen LogP contribution in [0.25, 0.3) is 11.4 Å². The number of aromatic hydroxyl groups is 1. The lowest BCUT2D eigenvalue weighted by Gasteiger charge is -2.32. The zero-order valence-electron chi connectivity index (χ0n) is 15.4. The summed E-state index contributed by atoms with van der Waals surface area (Å²) in [5, 5.41) is 22.5. The molecule has 27 heavy (non-hydrogen) atoms. The molecule has 1 saturated heterocycles. The average Bonchev–Trinajstić information content (AvgIpc) is 2.60. The number of aromatic nitrogens is 3. The summed E-state index contributed by atoms with van der Waals surface area (Å²) in [6.45, 7) is 5.73. The third kappa shape index (κ3) is 4.45. The van der Waals surface area contributed by atoms with Crippen LogP contribution in [0.5, 0.6) is 5.75 Å². The number of pyridine rings is 1. The zero-order chi connectivity index (χ0) is 19.6. The second kappa shape index (κ2) is 8.06. The van der Waals surface area contributed by atoms with E-state index in [1.165, 1.54) is 12.3 Å². The second-order valence-electron chi connectivity index (χ2n) is 6.85. The van der Waals surface area contributed by atoms with Crippen molar-refractivity contribution in [2.75, 3.05) is 25.0 Å². The number of rotatable bonds is 5. The number of anilines is 1. The predicted molar refractivity (Wildman–Crippen MR) is 104 cm³/mol. The lowest BCUT2D eigenvalue weighted by molar-refractivity contribution is -0.119. The Morgan fingerprint density at radius 3 is 2.85 bits per heavy atom. The molecule has 0 saturated carbocycles. The third-order valence-corrected chi connectivity index (χ3v) is 5.01. The van der Waals surface area contributed by atoms with Gasteiger partial charge in [-0.1, -0.05) is 11.6 Å². The highest BCUT2D eigenvalue weighted by atomic mass is 35.5. The fraction of sp³-hybridized carbons (Fsp3) is 0.444. The van der Waals surface area contributed by atoms with Gasteiger partial charge in [0.1, 0.15) is 17.1 Å².